The lowest BCUT2D eigenvalue weighted by molar-refractivity contribution is -0.163. The van der Waals surface area contributed by atoms with Crippen LogP contribution in [0.2, 0.25) is 0 Å². The summed E-state index contributed by atoms with van der Waals surface area (Å²) >= 11 is 1.45. The van der Waals surface area contributed by atoms with E-state index in [4.69, 9.17) is 19.2 Å². The van der Waals surface area contributed by atoms with Gasteiger partial charge in [0.25, 0.3) is 0 Å². The molecule has 2 fully saturated rings. The van der Waals surface area contributed by atoms with Crippen molar-refractivity contribution in [3.63, 3.8) is 0 Å². The highest BCUT2D eigenvalue weighted by Crippen LogP contribution is 2.44. The van der Waals surface area contributed by atoms with Gasteiger partial charge in [-0.1, -0.05) is 32.9 Å². The van der Waals surface area contributed by atoms with Gasteiger partial charge in [0.1, 0.15) is 23.5 Å². The van der Waals surface area contributed by atoms with Crippen LogP contribution in [0.25, 0.3) is 20.8 Å². The minimum Gasteiger partial charge on any atom is -0.465 e. The first kappa shape index (κ1) is 30.4. The fourth-order valence-corrected chi connectivity index (χ4v) is 6.39. The third-order valence-electron chi connectivity index (χ3n) is 7.76. The first-order valence-corrected chi connectivity index (χ1v) is 14.9. The predicted octanol–water partition coefficient (Wildman–Crippen LogP) is 6.19. The lowest BCUT2D eigenvalue weighted by atomic mass is 9.98. The number of para-hydroxylation sites is 1. The Labute approximate surface area is 246 Å². The van der Waals surface area contributed by atoms with Crippen molar-refractivity contribution >= 4 is 39.3 Å². The highest BCUT2D eigenvalue weighted by molar-refractivity contribution is 7.21. The number of nitrogens with one attached hydrogen (secondary N) is 2. The predicted molar refractivity (Wildman–Crippen MR) is 154 cm³/mol. The van der Waals surface area contributed by atoms with E-state index in [9.17, 15) is 18.0 Å². The molecule has 13 heteroatoms. The second-order valence-corrected chi connectivity index (χ2v) is 12.8. The van der Waals surface area contributed by atoms with Crippen molar-refractivity contribution in [1.82, 2.24) is 15.0 Å². The summed E-state index contributed by atoms with van der Waals surface area (Å²) < 4.78 is 58.2. The summed E-state index contributed by atoms with van der Waals surface area (Å²) in [5.74, 6) is -1.18. The SMILES string of the molecule is Cc1nc(NCC(F)(F)F)nc(N[C@@H]2C[C@H](COC(=O)[C@@H](C)C(C)C)[C@H]3OC(C)(C)O[C@H]32)c1-c1nc2ccccc2s1. The van der Waals surface area contributed by atoms with E-state index >= 15 is 0 Å². The van der Waals surface area contributed by atoms with Crippen LogP contribution in [0.3, 0.4) is 0 Å². The molecule has 5 rings (SSSR count). The number of aromatic nitrogens is 3. The maximum Gasteiger partial charge on any atom is 0.405 e. The summed E-state index contributed by atoms with van der Waals surface area (Å²) in [6.45, 7) is 10.1. The van der Waals surface area contributed by atoms with Crippen LogP contribution < -0.4 is 10.6 Å². The molecule has 1 saturated heterocycles. The van der Waals surface area contributed by atoms with Gasteiger partial charge in [0.15, 0.2) is 5.79 Å². The summed E-state index contributed by atoms with van der Waals surface area (Å²) in [4.78, 5) is 26.2. The number of benzene rings is 1. The van der Waals surface area contributed by atoms with Crippen molar-refractivity contribution in [2.45, 2.75) is 78.2 Å². The van der Waals surface area contributed by atoms with Gasteiger partial charge in [0.2, 0.25) is 5.95 Å². The fraction of sp³-hybridized carbons (Fsp3) is 0.586. The molecule has 0 unspecified atom stereocenters. The van der Waals surface area contributed by atoms with E-state index in [1.807, 2.05) is 58.9 Å². The first-order chi connectivity index (χ1) is 19.7. The van der Waals surface area contributed by atoms with Crippen molar-refractivity contribution in [2.24, 2.45) is 17.8 Å². The third kappa shape index (κ3) is 6.63. The Bertz CT molecular complexity index is 1410. The highest BCUT2D eigenvalue weighted by Gasteiger charge is 2.54. The molecule has 0 radical (unpaired) electrons. The molecule has 1 saturated carbocycles. The Morgan fingerprint density at radius 3 is 2.55 bits per heavy atom. The van der Waals surface area contributed by atoms with Crippen molar-refractivity contribution in [2.75, 3.05) is 23.8 Å². The zero-order valence-corrected chi connectivity index (χ0v) is 25.2. The Morgan fingerprint density at radius 2 is 1.86 bits per heavy atom. The number of alkyl halides is 3. The molecule has 3 heterocycles. The molecule has 2 aromatic heterocycles. The molecule has 0 bridgehead atoms. The average Bonchev–Trinajstić information content (AvgIpc) is 3.56. The lowest BCUT2D eigenvalue weighted by Gasteiger charge is -2.25. The minimum atomic E-state index is -4.44. The number of carbonyl (C=O) groups is 1. The van der Waals surface area contributed by atoms with Crippen LogP contribution in [0.1, 0.15) is 46.7 Å². The number of nitrogens with zero attached hydrogens (tertiary/aromatic N) is 3. The smallest absolute Gasteiger partial charge is 0.405 e. The van der Waals surface area contributed by atoms with E-state index in [0.717, 1.165) is 10.2 Å². The number of halogens is 3. The van der Waals surface area contributed by atoms with Gasteiger partial charge >= 0.3 is 12.1 Å². The Kier molecular flexibility index (Phi) is 8.38. The number of ether oxygens (including phenoxy) is 3. The summed E-state index contributed by atoms with van der Waals surface area (Å²) in [7, 11) is 0. The van der Waals surface area contributed by atoms with Gasteiger partial charge < -0.3 is 24.8 Å². The number of aryl methyl sites for hydroxylation is 1. The maximum atomic E-state index is 13.0. The highest BCUT2D eigenvalue weighted by atomic mass is 32.1. The number of esters is 1. The molecule has 5 atom stereocenters. The molecule has 1 aromatic carbocycles. The van der Waals surface area contributed by atoms with Crippen LogP contribution in [0.4, 0.5) is 24.9 Å². The Hall–Kier alpha value is -3.03. The molecule has 9 nitrogen and oxygen atoms in total. The van der Waals surface area contributed by atoms with Gasteiger partial charge in [0, 0.05) is 5.92 Å². The largest absolute Gasteiger partial charge is 0.465 e. The van der Waals surface area contributed by atoms with Crippen LogP contribution in [0.5, 0.6) is 0 Å². The molecule has 42 heavy (non-hydrogen) atoms. The molecular formula is C29H36F3N5O4S. The summed E-state index contributed by atoms with van der Waals surface area (Å²) in [6.07, 6.45) is -4.66. The maximum absolute atomic E-state index is 13.0. The quantitative estimate of drug-likeness (QED) is 0.275. The first-order valence-electron chi connectivity index (χ1n) is 14.0. The zero-order valence-electron chi connectivity index (χ0n) is 24.4. The molecule has 3 aromatic rings. The number of thiazole rings is 1. The van der Waals surface area contributed by atoms with Crippen molar-refractivity contribution in [3.8, 4) is 10.6 Å². The molecule has 228 valence electrons. The van der Waals surface area contributed by atoms with Gasteiger partial charge in [-0.05, 0) is 45.2 Å². The fourth-order valence-electron chi connectivity index (χ4n) is 5.33. The molecular weight excluding hydrogens is 571 g/mol. The second-order valence-electron chi connectivity index (χ2n) is 11.8. The van der Waals surface area contributed by atoms with Crippen LogP contribution in [0, 0.1) is 24.7 Å². The number of fused-ring (bicyclic) bond motifs is 2. The molecule has 0 amide bonds. The molecule has 1 aliphatic carbocycles. The van der Waals surface area contributed by atoms with E-state index < -0.39 is 24.6 Å². The normalized spacial score (nSPS) is 24.1. The number of hydrogen-bond acceptors (Lipinski definition) is 10. The molecule has 2 aliphatic rings. The summed E-state index contributed by atoms with van der Waals surface area (Å²) in [5.41, 5.74) is 1.88. The van der Waals surface area contributed by atoms with Crippen LogP contribution in [-0.4, -0.2) is 64.3 Å². The van der Waals surface area contributed by atoms with E-state index in [-0.39, 0.29) is 48.4 Å². The molecule has 1 aliphatic heterocycles. The standard InChI is InChI=1S/C29H36F3N5O4S/c1-14(2)15(3)26(38)39-12-17-11-19(23-22(17)40-28(5,6)41-23)35-24-21(25-36-18-9-7-8-10-20(18)42-25)16(4)34-27(37-24)33-13-29(30,31)32/h7-10,14-15,17,19,22-23H,11-13H2,1-6H3,(H2,33,34,35,37)/t15-,17+,19+,22+,23-/m0/s1. The zero-order chi connectivity index (χ0) is 30.4. The second kappa shape index (κ2) is 11.6. The number of rotatable bonds is 9. The van der Waals surface area contributed by atoms with E-state index in [1.54, 1.807) is 6.92 Å². The Morgan fingerprint density at radius 1 is 1.14 bits per heavy atom. The van der Waals surface area contributed by atoms with E-state index in [2.05, 4.69) is 20.6 Å². The Balaban J connectivity index is 1.46. The van der Waals surface area contributed by atoms with Gasteiger partial charge in [-0.2, -0.15) is 18.2 Å². The van der Waals surface area contributed by atoms with Crippen molar-refractivity contribution < 1.29 is 32.2 Å². The number of hydrogen-bond donors (Lipinski definition) is 2. The van der Waals surface area contributed by atoms with E-state index in [1.165, 1.54) is 11.3 Å². The third-order valence-corrected chi connectivity index (χ3v) is 8.81. The summed E-state index contributed by atoms with van der Waals surface area (Å²) in [6, 6.07) is 7.34. The number of carbonyl (C=O) groups excluding carboxylic acids is 1. The van der Waals surface area contributed by atoms with E-state index in [0.29, 0.717) is 28.5 Å². The molecule has 2 N–H and O–H groups in total. The van der Waals surface area contributed by atoms with Crippen LogP contribution in [0.15, 0.2) is 24.3 Å². The van der Waals surface area contributed by atoms with Crippen LogP contribution in [-0.2, 0) is 19.0 Å². The van der Waals surface area contributed by atoms with Crippen LogP contribution >= 0.6 is 11.3 Å². The van der Waals surface area contributed by atoms with Crippen molar-refractivity contribution in [1.29, 1.82) is 0 Å². The summed E-state index contributed by atoms with van der Waals surface area (Å²) in [5, 5.41) is 6.39. The topological polar surface area (TPSA) is 107 Å². The van der Waals surface area contributed by atoms with Gasteiger partial charge in [-0.25, -0.2) is 9.97 Å². The lowest BCUT2D eigenvalue weighted by Crippen LogP contribution is -2.35. The van der Waals surface area contributed by atoms with Gasteiger partial charge in [0.05, 0.1) is 46.1 Å². The average molecular weight is 608 g/mol. The van der Waals surface area contributed by atoms with Crippen molar-refractivity contribution in [3.05, 3.63) is 30.0 Å². The molecule has 0 spiro atoms. The van der Waals surface area contributed by atoms with Gasteiger partial charge in [-0.3, -0.25) is 4.79 Å². The van der Waals surface area contributed by atoms with Gasteiger partial charge in [-0.15, -0.1) is 11.3 Å². The minimum absolute atomic E-state index is 0.148. The number of anilines is 2. The monoisotopic (exact) mass is 607 g/mol.